The molecule has 1 heterocycles. The normalized spacial score (nSPS) is 10.7. The lowest BCUT2D eigenvalue weighted by molar-refractivity contribution is -0.120. The Labute approximate surface area is 152 Å². The summed E-state index contributed by atoms with van der Waals surface area (Å²) in [6.07, 6.45) is 0.261. The van der Waals surface area contributed by atoms with Crippen molar-refractivity contribution < 1.29 is 14.3 Å². The zero-order chi connectivity index (χ0) is 18.5. The summed E-state index contributed by atoms with van der Waals surface area (Å²) in [6, 6.07) is 13.5. The number of carbonyl (C=O) groups excluding carboxylic acids is 1. The van der Waals surface area contributed by atoms with Crippen LogP contribution in [0.25, 0.3) is 11.0 Å². The van der Waals surface area contributed by atoms with Gasteiger partial charge in [0.1, 0.15) is 17.3 Å². The van der Waals surface area contributed by atoms with Crippen molar-refractivity contribution >= 4 is 16.9 Å². The van der Waals surface area contributed by atoms with E-state index in [1.54, 1.807) is 20.3 Å². The molecule has 0 spiro atoms. The van der Waals surface area contributed by atoms with Crippen molar-refractivity contribution in [1.29, 1.82) is 0 Å². The van der Waals surface area contributed by atoms with Crippen LogP contribution in [-0.4, -0.2) is 36.2 Å². The van der Waals surface area contributed by atoms with Crippen LogP contribution in [0.2, 0.25) is 0 Å². The Kier molecular flexibility index (Phi) is 5.41. The summed E-state index contributed by atoms with van der Waals surface area (Å²) in [5.74, 6) is 2.25. The maximum Gasteiger partial charge on any atom is 0.224 e. The zero-order valence-electron chi connectivity index (χ0n) is 15.3. The number of fused-ring (bicyclic) bond motifs is 1. The molecular weight excluding hydrogens is 330 g/mol. The summed E-state index contributed by atoms with van der Waals surface area (Å²) in [6.45, 7) is 3.19. The summed E-state index contributed by atoms with van der Waals surface area (Å²) in [7, 11) is 3.19. The van der Waals surface area contributed by atoms with Gasteiger partial charge in [-0.25, -0.2) is 4.98 Å². The largest absolute Gasteiger partial charge is 0.497 e. The predicted molar refractivity (Wildman–Crippen MR) is 101 cm³/mol. The van der Waals surface area contributed by atoms with Crippen molar-refractivity contribution in [3.63, 3.8) is 0 Å². The minimum absolute atomic E-state index is 0.0458. The Bertz CT molecular complexity index is 918. The van der Waals surface area contributed by atoms with E-state index in [4.69, 9.17) is 9.47 Å². The molecule has 2 aromatic carbocycles. The predicted octanol–water partition coefficient (Wildman–Crippen LogP) is 2.72. The fourth-order valence-electron chi connectivity index (χ4n) is 3.02. The van der Waals surface area contributed by atoms with E-state index >= 15 is 0 Å². The summed E-state index contributed by atoms with van der Waals surface area (Å²) in [4.78, 5) is 16.8. The molecule has 3 rings (SSSR count). The van der Waals surface area contributed by atoms with Crippen molar-refractivity contribution in [2.45, 2.75) is 19.9 Å². The van der Waals surface area contributed by atoms with Gasteiger partial charge in [-0.3, -0.25) is 4.79 Å². The smallest absolute Gasteiger partial charge is 0.224 e. The maximum absolute atomic E-state index is 12.3. The van der Waals surface area contributed by atoms with Crippen molar-refractivity contribution in [2.75, 3.05) is 20.8 Å². The SMILES string of the molecule is COc1ccc(CC(=O)NCCn2c(C)nc3ccccc32)c(OC)c1. The fourth-order valence-corrected chi connectivity index (χ4v) is 3.02. The van der Waals surface area contributed by atoms with Gasteiger partial charge in [0.05, 0.1) is 31.7 Å². The third kappa shape index (κ3) is 3.79. The van der Waals surface area contributed by atoms with Crippen molar-refractivity contribution in [3.8, 4) is 11.5 Å². The van der Waals surface area contributed by atoms with Crippen LogP contribution in [0.1, 0.15) is 11.4 Å². The summed E-state index contributed by atoms with van der Waals surface area (Å²) >= 11 is 0. The molecule has 1 N–H and O–H groups in total. The highest BCUT2D eigenvalue weighted by Gasteiger charge is 2.11. The monoisotopic (exact) mass is 353 g/mol. The summed E-state index contributed by atoms with van der Waals surface area (Å²) in [5.41, 5.74) is 2.88. The highest BCUT2D eigenvalue weighted by atomic mass is 16.5. The van der Waals surface area contributed by atoms with E-state index in [1.807, 2.05) is 43.3 Å². The minimum atomic E-state index is -0.0458. The first-order chi connectivity index (χ1) is 12.6. The standard InChI is InChI=1S/C20H23N3O3/c1-14-22-17-6-4-5-7-18(17)23(14)11-10-21-20(24)12-15-8-9-16(25-2)13-19(15)26-3/h4-9,13H,10-12H2,1-3H3,(H,21,24). The van der Waals surface area contributed by atoms with Crippen LogP contribution in [0.15, 0.2) is 42.5 Å². The van der Waals surface area contributed by atoms with E-state index in [1.165, 1.54) is 0 Å². The van der Waals surface area contributed by atoms with Gasteiger partial charge in [0, 0.05) is 24.7 Å². The lowest BCUT2D eigenvalue weighted by atomic mass is 10.1. The lowest BCUT2D eigenvalue weighted by Crippen LogP contribution is -2.29. The molecule has 0 saturated carbocycles. The van der Waals surface area contributed by atoms with Crippen LogP contribution >= 0.6 is 0 Å². The van der Waals surface area contributed by atoms with Crippen LogP contribution in [0.4, 0.5) is 0 Å². The number of methoxy groups -OCH3 is 2. The highest BCUT2D eigenvalue weighted by Crippen LogP contribution is 2.24. The van der Waals surface area contributed by atoms with Crippen LogP contribution in [0.5, 0.6) is 11.5 Å². The number of aryl methyl sites for hydroxylation is 1. The number of hydrogen-bond acceptors (Lipinski definition) is 4. The minimum Gasteiger partial charge on any atom is -0.497 e. The molecule has 1 amide bonds. The molecule has 6 heteroatoms. The number of carbonyl (C=O) groups is 1. The lowest BCUT2D eigenvalue weighted by Gasteiger charge is -2.11. The third-order valence-electron chi connectivity index (χ3n) is 4.35. The number of nitrogens with zero attached hydrogens (tertiary/aromatic N) is 2. The number of para-hydroxylation sites is 2. The molecule has 0 radical (unpaired) electrons. The third-order valence-corrected chi connectivity index (χ3v) is 4.35. The Hall–Kier alpha value is -3.02. The number of ether oxygens (including phenoxy) is 2. The Balaban J connectivity index is 1.60. The van der Waals surface area contributed by atoms with Gasteiger partial charge in [-0.2, -0.15) is 0 Å². The average Bonchev–Trinajstić information content (AvgIpc) is 2.97. The number of aromatic nitrogens is 2. The first-order valence-electron chi connectivity index (χ1n) is 8.52. The molecular formula is C20H23N3O3. The van der Waals surface area contributed by atoms with E-state index in [0.29, 0.717) is 24.6 Å². The van der Waals surface area contributed by atoms with Gasteiger partial charge in [0.2, 0.25) is 5.91 Å². The second-order valence-electron chi connectivity index (χ2n) is 6.00. The molecule has 0 aliphatic heterocycles. The van der Waals surface area contributed by atoms with E-state index in [2.05, 4.69) is 14.9 Å². The molecule has 6 nitrogen and oxygen atoms in total. The molecule has 26 heavy (non-hydrogen) atoms. The summed E-state index contributed by atoms with van der Waals surface area (Å²) < 4.78 is 12.6. The highest BCUT2D eigenvalue weighted by molar-refractivity contribution is 5.79. The van der Waals surface area contributed by atoms with Crippen molar-refractivity contribution in [1.82, 2.24) is 14.9 Å². The number of rotatable bonds is 7. The number of amides is 1. The van der Waals surface area contributed by atoms with Crippen LogP contribution in [0.3, 0.4) is 0 Å². The molecule has 0 fully saturated rings. The Morgan fingerprint density at radius 1 is 1.15 bits per heavy atom. The fraction of sp³-hybridized carbons (Fsp3) is 0.300. The first-order valence-corrected chi connectivity index (χ1v) is 8.52. The van der Waals surface area contributed by atoms with Crippen LogP contribution in [0, 0.1) is 6.92 Å². The number of imidazole rings is 1. The van der Waals surface area contributed by atoms with E-state index in [0.717, 1.165) is 22.4 Å². The van der Waals surface area contributed by atoms with Crippen LogP contribution in [-0.2, 0) is 17.8 Å². The second kappa shape index (κ2) is 7.91. The quantitative estimate of drug-likeness (QED) is 0.709. The zero-order valence-corrected chi connectivity index (χ0v) is 15.3. The number of nitrogens with one attached hydrogen (secondary N) is 1. The second-order valence-corrected chi connectivity index (χ2v) is 6.00. The van der Waals surface area contributed by atoms with Gasteiger partial charge < -0.3 is 19.4 Å². The molecule has 0 bridgehead atoms. The van der Waals surface area contributed by atoms with Gasteiger partial charge in [0.15, 0.2) is 0 Å². The van der Waals surface area contributed by atoms with Gasteiger partial charge >= 0.3 is 0 Å². The van der Waals surface area contributed by atoms with Gasteiger partial charge in [-0.05, 0) is 25.1 Å². The van der Waals surface area contributed by atoms with Gasteiger partial charge in [-0.1, -0.05) is 18.2 Å². The maximum atomic E-state index is 12.3. The van der Waals surface area contributed by atoms with E-state index in [-0.39, 0.29) is 12.3 Å². The molecule has 0 saturated heterocycles. The molecule has 0 atom stereocenters. The van der Waals surface area contributed by atoms with Gasteiger partial charge in [0.25, 0.3) is 0 Å². The number of benzene rings is 2. The molecule has 0 unspecified atom stereocenters. The molecule has 0 aliphatic rings. The molecule has 1 aromatic heterocycles. The number of hydrogen-bond donors (Lipinski definition) is 1. The Morgan fingerprint density at radius 2 is 1.96 bits per heavy atom. The van der Waals surface area contributed by atoms with E-state index in [9.17, 15) is 4.79 Å². The van der Waals surface area contributed by atoms with Crippen LogP contribution < -0.4 is 14.8 Å². The molecule has 3 aromatic rings. The summed E-state index contributed by atoms with van der Waals surface area (Å²) in [5, 5.41) is 2.97. The average molecular weight is 353 g/mol. The molecule has 136 valence electrons. The van der Waals surface area contributed by atoms with E-state index < -0.39 is 0 Å². The van der Waals surface area contributed by atoms with Crippen molar-refractivity contribution in [2.24, 2.45) is 0 Å². The van der Waals surface area contributed by atoms with Gasteiger partial charge in [-0.15, -0.1) is 0 Å². The Morgan fingerprint density at radius 3 is 2.73 bits per heavy atom. The molecule has 0 aliphatic carbocycles. The van der Waals surface area contributed by atoms with Crippen molar-refractivity contribution in [3.05, 3.63) is 53.9 Å². The first kappa shape index (κ1) is 17.8. The topological polar surface area (TPSA) is 65.4 Å².